The van der Waals surface area contributed by atoms with E-state index in [2.05, 4.69) is 0 Å². The maximum atomic E-state index is 12.5. The van der Waals surface area contributed by atoms with Gasteiger partial charge in [-0.1, -0.05) is 18.6 Å². The second-order valence-corrected chi connectivity index (χ2v) is 9.12. The molecule has 0 amide bonds. The lowest BCUT2D eigenvalue weighted by molar-refractivity contribution is -0.181. The van der Waals surface area contributed by atoms with Crippen LogP contribution in [0.5, 0.6) is 0 Å². The first-order chi connectivity index (χ1) is 12.7. The molecule has 0 spiro atoms. The highest BCUT2D eigenvalue weighted by Crippen LogP contribution is 2.63. The SMILES string of the molecule is COCC(=O)C1CCC2C1(O)CC(O)C1C3(C)C=CC(=O)C=C3CC[C@]12N. The Balaban J connectivity index is 1.74. The predicted molar refractivity (Wildman–Crippen MR) is 98.7 cm³/mol. The maximum absolute atomic E-state index is 12.5. The van der Waals surface area contributed by atoms with Gasteiger partial charge >= 0.3 is 0 Å². The maximum Gasteiger partial charge on any atom is 0.178 e. The van der Waals surface area contributed by atoms with Gasteiger partial charge in [0.2, 0.25) is 0 Å². The lowest BCUT2D eigenvalue weighted by atomic mass is 9.45. The average Bonchev–Trinajstić information content (AvgIpc) is 2.93. The van der Waals surface area contributed by atoms with Crippen molar-refractivity contribution in [3.63, 3.8) is 0 Å². The fraction of sp³-hybridized carbons (Fsp3) is 0.714. The van der Waals surface area contributed by atoms with Crippen LogP contribution in [0.15, 0.2) is 23.8 Å². The smallest absolute Gasteiger partial charge is 0.178 e. The molecule has 6 unspecified atom stereocenters. The van der Waals surface area contributed by atoms with Gasteiger partial charge < -0.3 is 20.7 Å². The molecule has 27 heavy (non-hydrogen) atoms. The molecule has 0 saturated heterocycles. The fourth-order valence-corrected chi connectivity index (χ4v) is 6.83. The van der Waals surface area contributed by atoms with Crippen molar-refractivity contribution in [3.8, 4) is 0 Å². The van der Waals surface area contributed by atoms with Crippen molar-refractivity contribution >= 4 is 11.6 Å². The van der Waals surface area contributed by atoms with E-state index in [-0.39, 0.29) is 36.4 Å². The molecule has 3 fully saturated rings. The molecule has 6 nitrogen and oxygen atoms in total. The largest absolute Gasteiger partial charge is 0.393 e. The van der Waals surface area contributed by atoms with E-state index in [1.54, 1.807) is 12.2 Å². The van der Waals surface area contributed by atoms with Gasteiger partial charge in [0.15, 0.2) is 11.6 Å². The fourth-order valence-electron chi connectivity index (χ4n) is 6.83. The molecule has 4 rings (SSSR count). The monoisotopic (exact) mass is 375 g/mol. The Morgan fingerprint density at radius 2 is 2.15 bits per heavy atom. The van der Waals surface area contributed by atoms with Crippen LogP contribution in [-0.2, 0) is 14.3 Å². The van der Waals surface area contributed by atoms with Crippen molar-refractivity contribution in [1.82, 2.24) is 0 Å². The van der Waals surface area contributed by atoms with Crippen LogP contribution in [0.2, 0.25) is 0 Å². The molecule has 0 radical (unpaired) electrons. The van der Waals surface area contributed by atoms with Crippen LogP contribution < -0.4 is 5.73 Å². The lowest BCUT2D eigenvalue weighted by Crippen LogP contribution is -2.73. The molecule has 3 saturated carbocycles. The molecule has 4 N–H and O–H groups in total. The normalized spacial score (nSPS) is 48.5. The predicted octanol–water partition coefficient (Wildman–Crippen LogP) is 0.903. The number of allylic oxidation sites excluding steroid dienone is 4. The highest BCUT2D eigenvalue weighted by molar-refractivity contribution is 6.01. The third-order valence-electron chi connectivity index (χ3n) is 7.85. The first-order valence-corrected chi connectivity index (χ1v) is 9.82. The van der Waals surface area contributed by atoms with Crippen molar-refractivity contribution in [3.05, 3.63) is 23.8 Å². The molecule has 0 aromatic rings. The van der Waals surface area contributed by atoms with Crippen LogP contribution in [0.25, 0.3) is 0 Å². The van der Waals surface area contributed by atoms with E-state index in [1.165, 1.54) is 7.11 Å². The van der Waals surface area contributed by atoms with Crippen LogP contribution in [0.3, 0.4) is 0 Å². The summed E-state index contributed by atoms with van der Waals surface area (Å²) in [6, 6.07) is 0. The minimum absolute atomic E-state index is 0.0279. The summed E-state index contributed by atoms with van der Waals surface area (Å²) >= 11 is 0. The number of aliphatic hydroxyl groups excluding tert-OH is 1. The van der Waals surface area contributed by atoms with E-state index in [9.17, 15) is 19.8 Å². The number of Topliss-reactive ketones (excluding diaryl/α,β-unsaturated/α-hetero) is 1. The lowest BCUT2D eigenvalue weighted by Gasteiger charge is -2.63. The Morgan fingerprint density at radius 3 is 2.85 bits per heavy atom. The number of hydrogen-bond donors (Lipinski definition) is 3. The van der Waals surface area contributed by atoms with Gasteiger partial charge in [0.25, 0.3) is 0 Å². The minimum atomic E-state index is -1.30. The van der Waals surface area contributed by atoms with E-state index in [4.69, 9.17) is 10.5 Å². The van der Waals surface area contributed by atoms with Crippen LogP contribution in [0, 0.1) is 23.2 Å². The molecule has 0 aliphatic heterocycles. The van der Waals surface area contributed by atoms with Gasteiger partial charge in [-0.15, -0.1) is 0 Å². The van der Waals surface area contributed by atoms with E-state index < -0.39 is 28.6 Å². The molecule has 0 bridgehead atoms. The van der Waals surface area contributed by atoms with Gasteiger partial charge in [-0.2, -0.15) is 0 Å². The van der Waals surface area contributed by atoms with Crippen molar-refractivity contribution < 1.29 is 24.5 Å². The topological polar surface area (TPSA) is 110 Å². The van der Waals surface area contributed by atoms with Gasteiger partial charge in [0.1, 0.15) is 6.61 Å². The van der Waals surface area contributed by atoms with Gasteiger partial charge in [-0.05, 0) is 37.8 Å². The van der Waals surface area contributed by atoms with E-state index >= 15 is 0 Å². The zero-order chi connectivity index (χ0) is 19.6. The van der Waals surface area contributed by atoms with E-state index in [0.717, 1.165) is 5.57 Å². The standard InChI is InChI=1S/C21H29NO5/c1-19-7-6-13(23)9-12(19)5-8-20(22)17-4-3-14(16(25)11-27-2)21(17,26)10-15(24)18(19)20/h6-7,9,14-15,17-18,24,26H,3-5,8,10-11,22H2,1-2H3/t14?,15?,17?,18?,19?,20-,21?/m1/s1. The Morgan fingerprint density at radius 1 is 1.41 bits per heavy atom. The summed E-state index contributed by atoms with van der Waals surface area (Å²) in [6.45, 7) is 2.00. The van der Waals surface area contributed by atoms with Crippen LogP contribution in [0.1, 0.15) is 39.0 Å². The van der Waals surface area contributed by atoms with Gasteiger partial charge in [-0.25, -0.2) is 0 Å². The number of hydrogen-bond acceptors (Lipinski definition) is 6. The number of nitrogens with two attached hydrogens (primary N) is 1. The quantitative estimate of drug-likeness (QED) is 0.676. The van der Waals surface area contributed by atoms with Crippen molar-refractivity contribution in [2.45, 2.75) is 56.3 Å². The highest BCUT2D eigenvalue weighted by Gasteiger charge is 2.69. The number of aliphatic hydroxyl groups is 2. The summed E-state index contributed by atoms with van der Waals surface area (Å²) in [5, 5.41) is 22.7. The van der Waals surface area contributed by atoms with Crippen LogP contribution in [0.4, 0.5) is 0 Å². The first-order valence-electron chi connectivity index (χ1n) is 9.82. The molecule has 6 heteroatoms. The molecule has 4 aliphatic carbocycles. The summed E-state index contributed by atoms with van der Waals surface area (Å²) < 4.78 is 4.99. The minimum Gasteiger partial charge on any atom is -0.393 e. The highest BCUT2D eigenvalue weighted by atomic mass is 16.5. The number of ketones is 2. The van der Waals surface area contributed by atoms with Crippen LogP contribution in [-0.4, -0.2) is 52.7 Å². The third kappa shape index (κ3) is 2.47. The van der Waals surface area contributed by atoms with E-state index in [0.29, 0.717) is 25.7 Å². The second kappa shape index (κ2) is 6.08. The Kier molecular flexibility index (Phi) is 4.28. The molecular weight excluding hydrogens is 346 g/mol. The molecule has 148 valence electrons. The van der Waals surface area contributed by atoms with Crippen molar-refractivity contribution in [2.75, 3.05) is 13.7 Å². The van der Waals surface area contributed by atoms with Gasteiger partial charge in [0.05, 0.1) is 11.7 Å². The third-order valence-corrected chi connectivity index (χ3v) is 7.85. The summed E-state index contributed by atoms with van der Waals surface area (Å²) in [7, 11) is 1.47. The Bertz CT molecular complexity index is 745. The Hall–Kier alpha value is -1.34. The number of methoxy groups -OCH3 is 1. The number of rotatable bonds is 3. The van der Waals surface area contributed by atoms with E-state index in [1.807, 2.05) is 13.0 Å². The zero-order valence-corrected chi connectivity index (χ0v) is 16.0. The Labute approximate surface area is 159 Å². The van der Waals surface area contributed by atoms with Gasteiger partial charge in [0, 0.05) is 42.2 Å². The molecule has 0 aromatic heterocycles. The number of fused-ring (bicyclic) bond motifs is 5. The number of carbonyl (C=O) groups is 2. The van der Waals surface area contributed by atoms with Crippen LogP contribution >= 0.6 is 0 Å². The molecule has 0 aromatic carbocycles. The average molecular weight is 375 g/mol. The van der Waals surface area contributed by atoms with Crippen molar-refractivity contribution in [2.24, 2.45) is 28.9 Å². The first kappa shape index (κ1) is 19.0. The summed E-state index contributed by atoms with van der Waals surface area (Å²) in [6.07, 6.45) is 6.88. The summed E-state index contributed by atoms with van der Waals surface area (Å²) in [4.78, 5) is 24.4. The number of carbonyl (C=O) groups excluding carboxylic acids is 2. The zero-order valence-electron chi connectivity index (χ0n) is 16.0. The molecule has 0 heterocycles. The summed E-state index contributed by atoms with van der Waals surface area (Å²) in [5.41, 5.74) is 5.40. The molecular formula is C21H29NO5. The van der Waals surface area contributed by atoms with Crippen molar-refractivity contribution in [1.29, 1.82) is 0 Å². The van der Waals surface area contributed by atoms with Gasteiger partial charge in [-0.3, -0.25) is 9.59 Å². The second-order valence-electron chi connectivity index (χ2n) is 9.12. The number of ether oxygens (including phenoxy) is 1. The molecule has 4 aliphatic rings. The molecule has 7 atom stereocenters. The summed E-state index contributed by atoms with van der Waals surface area (Å²) in [5.74, 6) is -1.25.